The maximum Gasteiger partial charge on any atom is 0.150 e. The van der Waals surface area contributed by atoms with Crippen LogP contribution in [0, 0.1) is 0 Å². The van der Waals surface area contributed by atoms with Crippen LogP contribution in [0.4, 0.5) is 11.5 Å². The van der Waals surface area contributed by atoms with Gasteiger partial charge in [-0.1, -0.05) is 13.8 Å². The number of nitrogens with two attached hydrogens (primary N) is 1. The second kappa shape index (κ2) is 4.46. The highest BCUT2D eigenvalue weighted by Crippen LogP contribution is 2.33. The van der Waals surface area contributed by atoms with E-state index in [9.17, 15) is 5.11 Å². The van der Waals surface area contributed by atoms with E-state index in [1.807, 2.05) is 18.7 Å². The highest BCUT2D eigenvalue weighted by atomic mass is 16.3. The Labute approximate surface area is 109 Å². The smallest absolute Gasteiger partial charge is 0.150 e. The molecule has 102 valence electrons. The summed E-state index contributed by atoms with van der Waals surface area (Å²) in [5.74, 6) is 1.26. The first-order chi connectivity index (χ1) is 8.32. The number of aryl methyl sites for hydroxylation is 1. The molecule has 1 aromatic heterocycles. The molecule has 0 aromatic carbocycles. The van der Waals surface area contributed by atoms with Crippen molar-refractivity contribution in [3.63, 3.8) is 0 Å². The number of aromatic nitrogens is 2. The summed E-state index contributed by atoms with van der Waals surface area (Å²) in [4.78, 5) is 2.15. The van der Waals surface area contributed by atoms with Crippen LogP contribution in [0.15, 0.2) is 0 Å². The van der Waals surface area contributed by atoms with Crippen molar-refractivity contribution < 1.29 is 5.11 Å². The van der Waals surface area contributed by atoms with E-state index >= 15 is 0 Å². The van der Waals surface area contributed by atoms with Crippen LogP contribution in [0.5, 0.6) is 0 Å². The molecule has 18 heavy (non-hydrogen) atoms. The van der Waals surface area contributed by atoms with Gasteiger partial charge in [0.05, 0.1) is 17.0 Å². The molecule has 2 heterocycles. The number of hydrogen-bond acceptors (Lipinski definition) is 4. The van der Waals surface area contributed by atoms with E-state index in [0.717, 1.165) is 36.6 Å². The molecule has 1 aliphatic rings. The predicted molar refractivity (Wildman–Crippen MR) is 73.8 cm³/mol. The third-order valence-corrected chi connectivity index (χ3v) is 3.60. The van der Waals surface area contributed by atoms with Crippen molar-refractivity contribution in [3.8, 4) is 0 Å². The summed E-state index contributed by atoms with van der Waals surface area (Å²) in [7, 11) is 1.92. The molecule has 1 fully saturated rings. The van der Waals surface area contributed by atoms with Crippen LogP contribution in [-0.4, -0.2) is 33.6 Å². The normalized spacial score (nSPS) is 24.9. The zero-order valence-corrected chi connectivity index (χ0v) is 11.8. The van der Waals surface area contributed by atoms with Gasteiger partial charge in [0.2, 0.25) is 0 Å². The lowest BCUT2D eigenvalue weighted by atomic mass is 9.95. The average Bonchev–Trinajstić information content (AvgIpc) is 2.53. The molecule has 0 spiro atoms. The molecule has 0 bridgehead atoms. The lowest BCUT2D eigenvalue weighted by Crippen LogP contribution is -2.47. The van der Waals surface area contributed by atoms with Gasteiger partial charge in [-0.15, -0.1) is 0 Å². The predicted octanol–water partition coefficient (Wildman–Crippen LogP) is 1.48. The van der Waals surface area contributed by atoms with Crippen molar-refractivity contribution in [1.82, 2.24) is 9.78 Å². The summed E-state index contributed by atoms with van der Waals surface area (Å²) in [6.45, 7) is 7.62. The Balaban J connectivity index is 2.33. The van der Waals surface area contributed by atoms with Gasteiger partial charge < -0.3 is 15.7 Å². The van der Waals surface area contributed by atoms with Crippen molar-refractivity contribution in [2.75, 3.05) is 23.7 Å². The first-order valence-corrected chi connectivity index (χ1v) is 6.61. The van der Waals surface area contributed by atoms with Crippen molar-refractivity contribution in [1.29, 1.82) is 0 Å². The first-order valence-electron chi connectivity index (χ1n) is 6.61. The summed E-state index contributed by atoms with van der Waals surface area (Å²) in [5.41, 5.74) is 7.28. The Morgan fingerprint density at radius 1 is 1.44 bits per heavy atom. The number of piperidine rings is 1. The summed E-state index contributed by atoms with van der Waals surface area (Å²) in [6.07, 6.45) is 1.83. The maximum atomic E-state index is 10.2. The highest BCUT2D eigenvalue weighted by Gasteiger charge is 2.31. The maximum absolute atomic E-state index is 10.2. The monoisotopic (exact) mass is 252 g/mol. The highest BCUT2D eigenvalue weighted by molar-refractivity contribution is 5.67. The summed E-state index contributed by atoms with van der Waals surface area (Å²) < 4.78 is 1.84. The zero-order chi connectivity index (χ0) is 13.5. The van der Waals surface area contributed by atoms with Crippen LogP contribution in [0.3, 0.4) is 0 Å². The lowest BCUT2D eigenvalue weighted by Gasteiger charge is -2.38. The van der Waals surface area contributed by atoms with Gasteiger partial charge in [0.15, 0.2) is 5.82 Å². The molecule has 2 rings (SSSR count). The van der Waals surface area contributed by atoms with Crippen LogP contribution in [-0.2, 0) is 7.05 Å². The van der Waals surface area contributed by atoms with Crippen molar-refractivity contribution >= 4 is 11.5 Å². The van der Waals surface area contributed by atoms with Crippen LogP contribution in [0.25, 0.3) is 0 Å². The van der Waals surface area contributed by atoms with E-state index in [1.54, 1.807) is 0 Å². The Bertz CT molecular complexity index is 436. The first kappa shape index (κ1) is 13.2. The molecule has 1 atom stereocenters. The Morgan fingerprint density at radius 2 is 2.11 bits per heavy atom. The molecule has 5 heteroatoms. The van der Waals surface area contributed by atoms with Crippen molar-refractivity contribution in [2.24, 2.45) is 7.05 Å². The molecule has 0 saturated carbocycles. The van der Waals surface area contributed by atoms with Gasteiger partial charge in [-0.3, -0.25) is 4.68 Å². The Kier molecular flexibility index (Phi) is 3.27. The number of anilines is 2. The minimum Gasteiger partial charge on any atom is -0.394 e. The van der Waals surface area contributed by atoms with Crippen molar-refractivity contribution in [2.45, 2.75) is 45.1 Å². The van der Waals surface area contributed by atoms with E-state index < -0.39 is 5.60 Å². The number of nitrogens with zero attached hydrogens (tertiary/aromatic N) is 3. The largest absolute Gasteiger partial charge is 0.394 e. The van der Waals surface area contributed by atoms with E-state index in [4.69, 9.17) is 5.73 Å². The van der Waals surface area contributed by atoms with E-state index in [-0.39, 0.29) is 0 Å². The Morgan fingerprint density at radius 3 is 2.61 bits per heavy atom. The van der Waals surface area contributed by atoms with Crippen LogP contribution >= 0.6 is 0 Å². The van der Waals surface area contributed by atoms with Crippen molar-refractivity contribution in [3.05, 3.63) is 5.69 Å². The molecule has 0 amide bonds. The fourth-order valence-electron chi connectivity index (χ4n) is 2.75. The van der Waals surface area contributed by atoms with E-state index in [2.05, 4.69) is 23.8 Å². The fourth-order valence-corrected chi connectivity index (χ4v) is 2.75. The molecule has 1 aromatic rings. The molecule has 0 radical (unpaired) electrons. The SMILES string of the molecule is CC(C)c1nn(C)c(N2CCCC(C)(O)C2)c1N. The van der Waals surface area contributed by atoms with Gasteiger partial charge in [0.25, 0.3) is 0 Å². The third-order valence-electron chi connectivity index (χ3n) is 3.60. The molecule has 1 aliphatic heterocycles. The standard InChI is InChI=1S/C13H24N4O/c1-9(2)11-10(14)12(16(4)15-11)17-7-5-6-13(3,18)8-17/h9,18H,5-8,14H2,1-4H3. The van der Waals surface area contributed by atoms with Gasteiger partial charge >= 0.3 is 0 Å². The minimum absolute atomic E-state index is 0.315. The molecule has 1 saturated heterocycles. The Hall–Kier alpha value is -1.23. The number of hydrogen-bond donors (Lipinski definition) is 2. The molecular weight excluding hydrogens is 228 g/mol. The second-order valence-corrected chi connectivity index (χ2v) is 5.92. The lowest BCUT2D eigenvalue weighted by molar-refractivity contribution is 0.0445. The minimum atomic E-state index is -0.632. The van der Waals surface area contributed by atoms with E-state index in [1.165, 1.54) is 0 Å². The van der Waals surface area contributed by atoms with E-state index in [0.29, 0.717) is 12.5 Å². The van der Waals surface area contributed by atoms with Gasteiger partial charge in [-0.25, -0.2) is 0 Å². The summed E-state index contributed by atoms with van der Waals surface area (Å²) in [5, 5.41) is 14.7. The third kappa shape index (κ3) is 2.32. The van der Waals surface area contributed by atoms with Gasteiger partial charge in [-0.2, -0.15) is 5.10 Å². The number of aliphatic hydroxyl groups is 1. The van der Waals surface area contributed by atoms with Gasteiger partial charge in [0.1, 0.15) is 0 Å². The molecular formula is C13H24N4O. The second-order valence-electron chi connectivity index (χ2n) is 5.92. The topological polar surface area (TPSA) is 67.3 Å². The van der Waals surface area contributed by atoms with Crippen LogP contribution < -0.4 is 10.6 Å². The van der Waals surface area contributed by atoms with Crippen LogP contribution in [0.1, 0.15) is 45.2 Å². The molecule has 0 aliphatic carbocycles. The quantitative estimate of drug-likeness (QED) is 0.836. The van der Waals surface area contributed by atoms with Gasteiger partial charge in [-0.05, 0) is 25.7 Å². The zero-order valence-electron chi connectivity index (χ0n) is 11.8. The molecule has 3 N–H and O–H groups in total. The molecule has 5 nitrogen and oxygen atoms in total. The number of nitrogen functional groups attached to an aromatic ring is 1. The number of β-amino-alcohol motifs (C(OH)–C–C–N with tert-alkyl or cyclic N) is 1. The van der Waals surface area contributed by atoms with Gasteiger partial charge in [0, 0.05) is 20.1 Å². The summed E-state index contributed by atoms with van der Waals surface area (Å²) >= 11 is 0. The fraction of sp³-hybridized carbons (Fsp3) is 0.769. The van der Waals surface area contributed by atoms with Crippen LogP contribution in [0.2, 0.25) is 0 Å². The molecule has 1 unspecified atom stereocenters. The summed E-state index contributed by atoms with van der Waals surface area (Å²) in [6, 6.07) is 0. The average molecular weight is 252 g/mol. The number of rotatable bonds is 2.